The maximum Gasteiger partial charge on any atom is 0.314 e. The number of hydrogen-bond acceptors (Lipinski definition) is 2. The zero-order valence-corrected chi connectivity index (χ0v) is 10.3. The molecule has 0 aromatic rings. The Morgan fingerprint density at radius 3 is 2.47 bits per heavy atom. The molecule has 0 amide bonds. The van der Waals surface area contributed by atoms with Crippen molar-refractivity contribution in [1.82, 2.24) is 0 Å². The van der Waals surface area contributed by atoms with Gasteiger partial charge in [-0.3, -0.25) is 9.59 Å². The topological polar surface area (TPSA) is 54.4 Å². The highest BCUT2D eigenvalue weighted by atomic mass is 16.4. The number of rotatable bonds is 2. The van der Waals surface area contributed by atoms with E-state index in [0.717, 1.165) is 18.4 Å². The van der Waals surface area contributed by atoms with Crippen molar-refractivity contribution in [2.75, 3.05) is 0 Å². The molecule has 0 spiro atoms. The molecule has 4 aliphatic rings. The number of ketones is 1. The Hall–Kier alpha value is -1.12. The highest BCUT2D eigenvalue weighted by Gasteiger charge is 2.61. The Bertz CT molecular complexity index is 436. The van der Waals surface area contributed by atoms with Crippen LogP contribution in [-0.2, 0) is 9.59 Å². The van der Waals surface area contributed by atoms with Gasteiger partial charge in [0.15, 0.2) is 0 Å². The van der Waals surface area contributed by atoms with Gasteiger partial charge < -0.3 is 5.11 Å². The van der Waals surface area contributed by atoms with Crippen LogP contribution in [-0.4, -0.2) is 16.9 Å². The average molecular weight is 234 g/mol. The molecule has 0 aliphatic heterocycles. The molecule has 0 radical (unpaired) electrons. The van der Waals surface area contributed by atoms with Crippen LogP contribution in [0.2, 0.25) is 0 Å². The van der Waals surface area contributed by atoms with Crippen molar-refractivity contribution in [3.63, 3.8) is 0 Å². The smallest absolute Gasteiger partial charge is 0.314 e. The number of allylic oxidation sites excluding steroid dienone is 1. The molecular weight excluding hydrogens is 216 g/mol. The number of carboxylic acids is 1. The molecule has 3 heteroatoms. The van der Waals surface area contributed by atoms with Gasteiger partial charge in [0.05, 0.1) is 0 Å². The summed E-state index contributed by atoms with van der Waals surface area (Å²) in [4.78, 5) is 22.8. The molecule has 0 aromatic carbocycles. The fourth-order valence-corrected chi connectivity index (χ4v) is 3.98. The van der Waals surface area contributed by atoms with Gasteiger partial charge in [0.25, 0.3) is 0 Å². The summed E-state index contributed by atoms with van der Waals surface area (Å²) in [6, 6.07) is 0. The summed E-state index contributed by atoms with van der Waals surface area (Å²) in [5.41, 5.74) is 0.437. The van der Waals surface area contributed by atoms with E-state index in [9.17, 15) is 14.7 Å². The van der Waals surface area contributed by atoms with Crippen LogP contribution in [0.5, 0.6) is 0 Å². The van der Waals surface area contributed by atoms with Crippen LogP contribution in [0.15, 0.2) is 11.6 Å². The van der Waals surface area contributed by atoms with Crippen LogP contribution in [0.4, 0.5) is 0 Å². The monoisotopic (exact) mass is 234 g/mol. The van der Waals surface area contributed by atoms with Crippen molar-refractivity contribution in [2.24, 2.45) is 22.7 Å². The van der Waals surface area contributed by atoms with Gasteiger partial charge in [0.2, 0.25) is 0 Å². The lowest BCUT2D eigenvalue weighted by Gasteiger charge is -2.60. The Labute approximate surface area is 101 Å². The van der Waals surface area contributed by atoms with E-state index < -0.39 is 11.4 Å². The highest BCUT2D eigenvalue weighted by molar-refractivity contribution is 5.99. The number of aliphatic carboxylic acids is 1. The Kier molecular flexibility index (Phi) is 1.94. The van der Waals surface area contributed by atoms with Crippen LogP contribution < -0.4 is 0 Å². The minimum atomic E-state index is -0.843. The molecule has 0 aromatic heterocycles. The van der Waals surface area contributed by atoms with Crippen LogP contribution in [0, 0.1) is 22.7 Å². The molecule has 2 unspecified atom stereocenters. The van der Waals surface area contributed by atoms with E-state index in [1.165, 1.54) is 0 Å². The SMILES string of the molecule is CC1(C)C2CC=C(C3(C(=O)O)CC(=O)C3)C1C2. The first-order valence-electron chi connectivity index (χ1n) is 6.33. The third kappa shape index (κ3) is 1.17. The second-order valence-corrected chi connectivity index (χ2v) is 6.48. The lowest BCUT2D eigenvalue weighted by atomic mass is 9.43. The standard InChI is InChI=1S/C14H18O3/c1-13(2)8-3-4-10(11(13)5-8)14(12(16)17)6-9(15)7-14/h4,8,11H,3,5-7H2,1-2H3,(H,16,17). The van der Waals surface area contributed by atoms with Crippen molar-refractivity contribution in [2.45, 2.75) is 39.5 Å². The van der Waals surface area contributed by atoms with Gasteiger partial charge in [-0.25, -0.2) is 0 Å². The second-order valence-electron chi connectivity index (χ2n) is 6.48. The van der Waals surface area contributed by atoms with Gasteiger partial charge in [-0.05, 0) is 30.1 Å². The second kappa shape index (κ2) is 3.01. The molecule has 3 nitrogen and oxygen atoms in total. The van der Waals surface area contributed by atoms with Crippen LogP contribution in [0.1, 0.15) is 39.5 Å². The van der Waals surface area contributed by atoms with Crippen LogP contribution >= 0.6 is 0 Å². The summed E-state index contributed by atoms with van der Waals surface area (Å²) < 4.78 is 0. The summed E-state index contributed by atoms with van der Waals surface area (Å²) in [5.74, 6) is 0.375. The minimum absolute atomic E-state index is 0.0903. The molecule has 2 saturated carbocycles. The van der Waals surface area contributed by atoms with Gasteiger partial charge in [0.1, 0.15) is 11.2 Å². The van der Waals surface area contributed by atoms with E-state index >= 15 is 0 Å². The summed E-state index contributed by atoms with van der Waals surface area (Å²) >= 11 is 0. The minimum Gasteiger partial charge on any atom is -0.481 e. The van der Waals surface area contributed by atoms with Crippen molar-refractivity contribution >= 4 is 11.8 Å². The normalized spacial score (nSPS) is 36.6. The molecule has 0 saturated heterocycles. The zero-order valence-electron chi connectivity index (χ0n) is 10.3. The lowest BCUT2D eigenvalue weighted by Crippen LogP contribution is -2.56. The number of carboxylic acid groups (broad SMARTS) is 1. The molecule has 2 atom stereocenters. The van der Waals surface area contributed by atoms with Gasteiger partial charge in [0, 0.05) is 12.8 Å². The Morgan fingerprint density at radius 1 is 1.41 bits per heavy atom. The number of Topliss-reactive ketones (excluding diaryl/α,β-unsaturated/α-hetero) is 1. The van der Waals surface area contributed by atoms with Crippen molar-refractivity contribution in [3.8, 4) is 0 Å². The Morgan fingerprint density at radius 2 is 2.06 bits per heavy atom. The van der Waals surface area contributed by atoms with Crippen LogP contribution in [0.25, 0.3) is 0 Å². The zero-order chi connectivity index (χ0) is 12.4. The van der Waals surface area contributed by atoms with E-state index in [-0.39, 0.29) is 24.0 Å². The summed E-state index contributed by atoms with van der Waals surface area (Å²) in [5, 5.41) is 9.47. The quantitative estimate of drug-likeness (QED) is 0.746. The molecule has 0 heterocycles. The lowest BCUT2D eigenvalue weighted by molar-refractivity contribution is -0.160. The Balaban J connectivity index is 1.97. The first kappa shape index (κ1) is 11.0. The molecule has 92 valence electrons. The molecule has 1 N–H and O–H groups in total. The molecule has 2 bridgehead atoms. The van der Waals surface area contributed by atoms with Gasteiger partial charge in [-0.15, -0.1) is 0 Å². The first-order valence-corrected chi connectivity index (χ1v) is 6.33. The number of fused-ring (bicyclic) bond motifs is 1. The van der Waals surface area contributed by atoms with Crippen molar-refractivity contribution in [1.29, 1.82) is 0 Å². The number of hydrogen-bond donors (Lipinski definition) is 1. The van der Waals surface area contributed by atoms with E-state index in [4.69, 9.17) is 0 Å². The molecule has 17 heavy (non-hydrogen) atoms. The predicted molar refractivity (Wildman–Crippen MR) is 62.4 cm³/mol. The maximum atomic E-state index is 11.5. The van der Waals surface area contributed by atoms with Crippen molar-refractivity contribution < 1.29 is 14.7 Å². The third-order valence-electron chi connectivity index (χ3n) is 5.43. The van der Waals surface area contributed by atoms with E-state index in [2.05, 4.69) is 19.9 Å². The fraction of sp³-hybridized carbons (Fsp3) is 0.714. The summed E-state index contributed by atoms with van der Waals surface area (Å²) in [6.45, 7) is 4.46. The van der Waals surface area contributed by atoms with E-state index in [1.807, 2.05) is 0 Å². The van der Waals surface area contributed by atoms with Gasteiger partial charge in [-0.1, -0.05) is 25.5 Å². The highest BCUT2D eigenvalue weighted by Crippen LogP contribution is 2.64. The first-order chi connectivity index (χ1) is 7.88. The fourth-order valence-electron chi connectivity index (χ4n) is 3.98. The predicted octanol–water partition coefficient (Wildman–Crippen LogP) is 2.41. The molecular formula is C14H18O3. The largest absolute Gasteiger partial charge is 0.481 e. The molecule has 2 fully saturated rings. The number of carbonyl (C=O) groups is 2. The molecule has 4 rings (SSSR count). The summed E-state index contributed by atoms with van der Waals surface area (Å²) in [7, 11) is 0. The van der Waals surface area contributed by atoms with E-state index in [0.29, 0.717) is 11.8 Å². The van der Waals surface area contributed by atoms with Crippen LogP contribution in [0.3, 0.4) is 0 Å². The van der Waals surface area contributed by atoms with Gasteiger partial charge >= 0.3 is 5.97 Å². The number of carbonyl (C=O) groups excluding carboxylic acids is 1. The third-order valence-corrected chi connectivity index (χ3v) is 5.43. The van der Waals surface area contributed by atoms with E-state index in [1.54, 1.807) is 0 Å². The maximum absolute atomic E-state index is 11.5. The van der Waals surface area contributed by atoms with Gasteiger partial charge in [-0.2, -0.15) is 0 Å². The summed E-state index contributed by atoms with van der Waals surface area (Å²) in [6.07, 6.45) is 4.64. The van der Waals surface area contributed by atoms with Crippen molar-refractivity contribution in [3.05, 3.63) is 11.6 Å². The average Bonchev–Trinajstić information content (AvgIpc) is 2.23. The molecule has 4 aliphatic carbocycles.